The van der Waals surface area contributed by atoms with Crippen LogP contribution in [-0.4, -0.2) is 65.5 Å². The predicted octanol–water partition coefficient (Wildman–Crippen LogP) is 2.32. The number of benzene rings is 1. The number of alkyl carbamates (subject to hydrolysis) is 1. The van der Waals surface area contributed by atoms with Crippen LogP contribution in [0.5, 0.6) is 0 Å². The lowest BCUT2D eigenvalue weighted by Gasteiger charge is -2.43. The summed E-state index contributed by atoms with van der Waals surface area (Å²) in [5.74, 6) is 0.361. The second kappa shape index (κ2) is 14.9. The van der Waals surface area contributed by atoms with Gasteiger partial charge in [0.1, 0.15) is 17.7 Å². The highest BCUT2D eigenvalue weighted by Crippen LogP contribution is 2.34. The number of primary amides is 1. The Morgan fingerprint density at radius 3 is 2.27 bits per heavy atom. The van der Waals surface area contributed by atoms with Crippen molar-refractivity contribution in [1.29, 1.82) is 0 Å². The molecule has 0 aromatic heterocycles. The van der Waals surface area contributed by atoms with Crippen molar-refractivity contribution in [3.63, 3.8) is 0 Å². The number of hydrogen-bond acceptors (Lipinski definition) is 7. The zero-order valence-corrected chi connectivity index (χ0v) is 23.7. The van der Waals surface area contributed by atoms with Gasteiger partial charge in [-0.1, -0.05) is 18.1 Å². The number of terminal acetylenes is 1. The van der Waals surface area contributed by atoms with E-state index < -0.39 is 47.5 Å². The van der Waals surface area contributed by atoms with Gasteiger partial charge in [0.2, 0.25) is 17.7 Å². The third-order valence-corrected chi connectivity index (χ3v) is 6.24. The van der Waals surface area contributed by atoms with Gasteiger partial charge in [0.05, 0.1) is 13.0 Å². The van der Waals surface area contributed by atoms with Gasteiger partial charge in [-0.2, -0.15) is 0 Å². The highest BCUT2D eigenvalue weighted by molar-refractivity contribution is 5.93. The molecule has 0 saturated heterocycles. The largest absolute Gasteiger partial charge is 0.466 e. The highest BCUT2D eigenvalue weighted by Gasteiger charge is 2.42. The maximum absolute atomic E-state index is 14.1. The molecule has 2 unspecified atom stereocenters. The van der Waals surface area contributed by atoms with E-state index in [2.05, 4.69) is 16.6 Å². The molecule has 1 aromatic carbocycles. The second-order valence-corrected chi connectivity index (χ2v) is 10.5. The minimum absolute atomic E-state index is 0.00453. The van der Waals surface area contributed by atoms with Crippen molar-refractivity contribution < 1.29 is 33.4 Å². The van der Waals surface area contributed by atoms with E-state index in [1.165, 1.54) is 4.90 Å². The molecule has 0 spiro atoms. The third-order valence-electron chi connectivity index (χ3n) is 6.24. The summed E-state index contributed by atoms with van der Waals surface area (Å²) in [6, 6.07) is 4.11. The van der Waals surface area contributed by atoms with Crippen LogP contribution in [0.25, 0.3) is 0 Å². The first kappa shape index (κ1) is 32.1. The van der Waals surface area contributed by atoms with Gasteiger partial charge in [0.15, 0.2) is 0 Å². The summed E-state index contributed by atoms with van der Waals surface area (Å²) < 4.78 is 10.3. The summed E-state index contributed by atoms with van der Waals surface area (Å²) in [7, 11) is 0. The minimum Gasteiger partial charge on any atom is -0.466 e. The molecule has 1 aliphatic carbocycles. The average Bonchev–Trinajstić information content (AvgIpc) is 2.84. The summed E-state index contributed by atoms with van der Waals surface area (Å²) in [4.78, 5) is 65.3. The number of rotatable bonds is 13. The summed E-state index contributed by atoms with van der Waals surface area (Å²) in [5.41, 5.74) is 5.62. The topological polar surface area (TPSA) is 157 Å². The van der Waals surface area contributed by atoms with E-state index in [0.717, 1.165) is 6.42 Å². The van der Waals surface area contributed by atoms with E-state index in [0.29, 0.717) is 24.0 Å². The van der Waals surface area contributed by atoms with Crippen LogP contribution in [-0.2, 0) is 28.7 Å². The van der Waals surface area contributed by atoms with Gasteiger partial charge in [0.25, 0.3) is 0 Å². The molecule has 2 atom stereocenters. The first-order chi connectivity index (χ1) is 18.9. The van der Waals surface area contributed by atoms with Crippen LogP contribution in [0, 0.1) is 12.3 Å². The SMILES string of the molecule is C#Cc1ccc(C(C(=O)NCCC(=O)OCC)N(C(=O)C(CCC(N)=O)NC(=O)OC(C)(C)C)C2CCC2)cc1. The van der Waals surface area contributed by atoms with Gasteiger partial charge >= 0.3 is 12.1 Å². The number of hydrogen-bond donors (Lipinski definition) is 3. The van der Waals surface area contributed by atoms with Crippen LogP contribution in [0.3, 0.4) is 0 Å². The fraction of sp³-hybridized carbons (Fsp3) is 0.552. The molecule has 4 amide bonds. The lowest BCUT2D eigenvalue weighted by molar-refractivity contribution is -0.148. The molecule has 0 heterocycles. The number of nitrogens with zero attached hydrogens (tertiary/aromatic N) is 1. The maximum atomic E-state index is 14.1. The summed E-state index contributed by atoms with van der Waals surface area (Å²) in [6.45, 7) is 6.97. The van der Waals surface area contributed by atoms with Crippen LogP contribution >= 0.6 is 0 Å². The van der Waals surface area contributed by atoms with Crippen molar-refractivity contribution in [1.82, 2.24) is 15.5 Å². The van der Waals surface area contributed by atoms with Crippen LogP contribution in [0.4, 0.5) is 4.79 Å². The molecule has 0 radical (unpaired) electrons. The van der Waals surface area contributed by atoms with Crippen molar-refractivity contribution >= 4 is 29.8 Å². The van der Waals surface area contributed by atoms with E-state index >= 15 is 0 Å². The fourth-order valence-electron chi connectivity index (χ4n) is 4.17. The van der Waals surface area contributed by atoms with E-state index in [9.17, 15) is 24.0 Å². The van der Waals surface area contributed by atoms with Gasteiger partial charge in [-0.3, -0.25) is 19.2 Å². The standard InChI is InChI=1S/C29H40N4O7/c1-6-19-11-13-20(14-12-19)25(26(36)31-18-17-24(35)39-7-2)33(21-9-8-10-21)27(37)22(15-16-23(30)34)32-28(38)40-29(3,4)5/h1,11-14,21-22,25H,7-10,15-18H2,2-5H3,(H2,30,34)(H,31,36)(H,32,38). The molecule has 11 heteroatoms. The molecule has 40 heavy (non-hydrogen) atoms. The molecular formula is C29H40N4O7. The molecule has 2 rings (SSSR count). The number of esters is 1. The third kappa shape index (κ3) is 9.91. The highest BCUT2D eigenvalue weighted by atomic mass is 16.6. The monoisotopic (exact) mass is 556 g/mol. The molecule has 218 valence electrons. The minimum atomic E-state index is -1.18. The Balaban J connectivity index is 2.45. The quantitative estimate of drug-likeness (QED) is 0.249. The number of nitrogens with one attached hydrogen (secondary N) is 2. The predicted molar refractivity (Wildman–Crippen MR) is 147 cm³/mol. The average molecular weight is 557 g/mol. The van der Waals surface area contributed by atoms with Crippen molar-refractivity contribution in [2.45, 2.75) is 89.9 Å². The molecule has 1 fully saturated rings. The smallest absolute Gasteiger partial charge is 0.408 e. The van der Waals surface area contributed by atoms with Gasteiger partial charge < -0.3 is 30.7 Å². The van der Waals surface area contributed by atoms with Gasteiger partial charge in [-0.15, -0.1) is 6.42 Å². The maximum Gasteiger partial charge on any atom is 0.408 e. The van der Waals surface area contributed by atoms with Crippen LogP contribution in [0.2, 0.25) is 0 Å². The van der Waals surface area contributed by atoms with Crippen LogP contribution in [0.15, 0.2) is 24.3 Å². The number of ether oxygens (including phenoxy) is 2. The zero-order valence-electron chi connectivity index (χ0n) is 23.7. The number of amides is 4. The lowest BCUT2D eigenvalue weighted by Crippen LogP contribution is -2.57. The van der Waals surface area contributed by atoms with Crippen LogP contribution in [0.1, 0.15) is 83.4 Å². The number of nitrogens with two attached hydrogens (primary N) is 1. The normalized spacial score (nSPS) is 14.5. The summed E-state index contributed by atoms with van der Waals surface area (Å²) in [5, 5.41) is 5.31. The Hall–Kier alpha value is -4.07. The van der Waals surface area contributed by atoms with E-state index in [1.807, 2.05) is 0 Å². The van der Waals surface area contributed by atoms with E-state index in [-0.39, 0.29) is 38.5 Å². The van der Waals surface area contributed by atoms with Crippen molar-refractivity contribution in [3.8, 4) is 12.3 Å². The first-order valence-electron chi connectivity index (χ1n) is 13.5. The van der Waals surface area contributed by atoms with Gasteiger partial charge in [0, 0.05) is 24.6 Å². The molecule has 1 saturated carbocycles. The molecule has 1 aliphatic rings. The molecule has 4 N–H and O–H groups in total. The van der Waals surface area contributed by atoms with Crippen molar-refractivity contribution in [3.05, 3.63) is 35.4 Å². The Morgan fingerprint density at radius 1 is 1.12 bits per heavy atom. The van der Waals surface area contributed by atoms with Crippen molar-refractivity contribution in [2.24, 2.45) is 5.73 Å². The lowest BCUT2D eigenvalue weighted by atomic mass is 9.87. The van der Waals surface area contributed by atoms with Gasteiger partial charge in [-0.25, -0.2) is 4.79 Å². The Bertz CT molecular complexity index is 1100. The summed E-state index contributed by atoms with van der Waals surface area (Å²) in [6.07, 6.45) is 6.53. The molecule has 0 bridgehead atoms. The Morgan fingerprint density at radius 2 is 1.77 bits per heavy atom. The molecule has 11 nitrogen and oxygen atoms in total. The first-order valence-corrected chi connectivity index (χ1v) is 13.5. The summed E-state index contributed by atoms with van der Waals surface area (Å²) >= 11 is 0. The second-order valence-electron chi connectivity index (χ2n) is 10.5. The molecular weight excluding hydrogens is 516 g/mol. The number of carbonyl (C=O) groups excluding carboxylic acids is 5. The Labute approximate surface area is 235 Å². The van der Waals surface area contributed by atoms with Gasteiger partial charge in [-0.05, 0) is 71.1 Å². The number of carbonyl (C=O) groups is 5. The molecule has 0 aliphatic heterocycles. The van der Waals surface area contributed by atoms with E-state index in [4.69, 9.17) is 21.6 Å². The zero-order chi connectivity index (χ0) is 29.9. The van der Waals surface area contributed by atoms with Crippen LogP contribution < -0.4 is 16.4 Å². The van der Waals surface area contributed by atoms with E-state index in [1.54, 1.807) is 52.0 Å². The fourth-order valence-corrected chi connectivity index (χ4v) is 4.17. The van der Waals surface area contributed by atoms with Crippen molar-refractivity contribution in [2.75, 3.05) is 13.2 Å². The molecule has 1 aromatic rings. The Kier molecular flexibility index (Phi) is 12.0.